The predicted molar refractivity (Wildman–Crippen MR) is 118 cm³/mol. The average Bonchev–Trinajstić information content (AvgIpc) is 2.76. The summed E-state index contributed by atoms with van der Waals surface area (Å²) >= 11 is 0. The number of carboxylic acid groups (broad SMARTS) is 1. The highest BCUT2D eigenvalue weighted by atomic mass is 19.1. The molecule has 0 atom stereocenters. The number of carbonyl (C=O) groups is 2. The highest BCUT2D eigenvalue weighted by molar-refractivity contribution is 5.88. The van der Waals surface area contributed by atoms with Crippen LogP contribution >= 0.6 is 0 Å². The number of aromatic carboxylic acids is 1. The van der Waals surface area contributed by atoms with Crippen molar-refractivity contribution in [1.29, 1.82) is 0 Å². The molecule has 3 rings (SSSR count). The van der Waals surface area contributed by atoms with E-state index in [2.05, 4.69) is 4.98 Å². The Bertz CT molecular complexity index is 1010. The van der Waals surface area contributed by atoms with Gasteiger partial charge in [-0.2, -0.15) is 0 Å². The monoisotopic (exact) mass is 460 g/mol. The molecule has 0 unspecified atom stereocenters. The minimum absolute atomic E-state index is 0.0954. The molecule has 1 saturated heterocycles. The van der Waals surface area contributed by atoms with Crippen LogP contribution in [-0.4, -0.2) is 52.9 Å². The van der Waals surface area contributed by atoms with Gasteiger partial charge in [-0.3, -0.25) is 0 Å². The van der Waals surface area contributed by atoms with Gasteiger partial charge in [0, 0.05) is 30.8 Å². The van der Waals surface area contributed by atoms with Crippen molar-refractivity contribution < 1.29 is 33.3 Å². The van der Waals surface area contributed by atoms with Crippen LogP contribution in [0.2, 0.25) is 0 Å². The quantitative estimate of drug-likeness (QED) is 0.672. The summed E-state index contributed by atoms with van der Waals surface area (Å²) in [5.41, 5.74) is 0.216. The maximum Gasteiger partial charge on any atom is 0.410 e. The smallest absolute Gasteiger partial charge is 0.410 e. The van der Waals surface area contributed by atoms with Gasteiger partial charge < -0.3 is 24.2 Å². The first-order valence-corrected chi connectivity index (χ1v) is 10.7. The molecule has 1 aromatic carbocycles. The van der Waals surface area contributed by atoms with Crippen molar-refractivity contribution in [2.45, 2.75) is 51.7 Å². The zero-order valence-electron chi connectivity index (χ0n) is 19.3. The fourth-order valence-corrected chi connectivity index (χ4v) is 3.63. The lowest BCUT2D eigenvalue weighted by Crippen LogP contribution is -2.41. The van der Waals surface area contributed by atoms with Gasteiger partial charge in [0.15, 0.2) is 0 Å². The number of carbonyl (C=O) groups excluding carboxylic acids is 1. The molecule has 1 aromatic heterocycles. The second-order valence-electron chi connectivity index (χ2n) is 8.88. The molecule has 0 radical (unpaired) electrons. The SMILES string of the molecule is COc1cc(C(=O)O)cc(F)c1COc1cccc(C2CCN(C(=O)OC(C)(C)C)CC2)n1. The Kier molecular flexibility index (Phi) is 7.40. The first-order valence-electron chi connectivity index (χ1n) is 10.7. The summed E-state index contributed by atoms with van der Waals surface area (Å²) in [6, 6.07) is 7.59. The van der Waals surface area contributed by atoms with Gasteiger partial charge in [-0.15, -0.1) is 0 Å². The molecule has 1 aliphatic rings. The maximum absolute atomic E-state index is 14.4. The van der Waals surface area contributed by atoms with Gasteiger partial charge in [-0.25, -0.2) is 19.0 Å². The second kappa shape index (κ2) is 10.1. The van der Waals surface area contributed by atoms with Crippen LogP contribution in [0.3, 0.4) is 0 Å². The topological polar surface area (TPSA) is 98.2 Å². The van der Waals surface area contributed by atoms with E-state index in [9.17, 15) is 14.0 Å². The number of hydrogen-bond acceptors (Lipinski definition) is 6. The Morgan fingerprint density at radius 1 is 1.21 bits per heavy atom. The number of likely N-dealkylation sites (tertiary alicyclic amines) is 1. The van der Waals surface area contributed by atoms with Crippen LogP contribution < -0.4 is 9.47 Å². The molecule has 1 aliphatic heterocycles. The van der Waals surface area contributed by atoms with Crippen LogP contribution in [0.25, 0.3) is 0 Å². The summed E-state index contributed by atoms with van der Waals surface area (Å²) in [5, 5.41) is 9.09. The first-order chi connectivity index (χ1) is 15.6. The molecule has 0 bridgehead atoms. The van der Waals surface area contributed by atoms with E-state index in [4.69, 9.17) is 19.3 Å². The van der Waals surface area contributed by atoms with E-state index in [1.807, 2.05) is 32.9 Å². The highest BCUT2D eigenvalue weighted by Gasteiger charge is 2.28. The third-order valence-corrected chi connectivity index (χ3v) is 5.30. The van der Waals surface area contributed by atoms with E-state index in [1.165, 1.54) is 13.2 Å². The Morgan fingerprint density at radius 2 is 1.91 bits per heavy atom. The van der Waals surface area contributed by atoms with E-state index in [1.54, 1.807) is 11.0 Å². The molecule has 33 heavy (non-hydrogen) atoms. The summed E-state index contributed by atoms with van der Waals surface area (Å²) in [6.07, 6.45) is 1.18. The van der Waals surface area contributed by atoms with Gasteiger partial charge in [0.25, 0.3) is 0 Å². The summed E-state index contributed by atoms with van der Waals surface area (Å²) in [5.74, 6) is -1.39. The maximum atomic E-state index is 14.4. The fourth-order valence-electron chi connectivity index (χ4n) is 3.63. The third-order valence-electron chi connectivity index (χ3n) is 5.30. The number of methoxy groups -OCH3 is 1. The summed E-state index contributed by atoms with van der Waals surface area (Å²) in [7, 11) is 1.34. The standard InChI is InChI=1S/C24H29FN2O6/c1-24(2,3)33-23(30)27-10-8-15(9-11-27)19-6-5-7-21(26-19)32-14-17-18(25)12-16(22(28)29)13-20(17)31-4/h5-7,12-13,15H,8-11,14H2,1-4H3,(H,28,29). The van der Waals surface area contributed by atoms with E-state index in [-0.39, 0.29) is 35.5 Å². The van der Waals surface area contributed by atoms with E-state index in [0.29, 0.717) is 19.0 Å². The fraction of sp³-hybridized carbons (Fsp3) is 0.458. The minimum Gasteiger partial charge on any atom is -0.496 e. The molecule has 1 amide bonds. The van der Waals surface area contributed by atoms with Crippen LogP contribution in [-0.2, 0) is 11.3 Å². The predicted octanol–water partition coefficient (Wildman–Crippen LogP) is 4.62. The van der Waals surface area contributed by atoms with Crippen molar-refractivity contribution in [2.24, 2.45) is 0 Å². The first kappa shape index (κ1) is 24.3. The molecule has 0 aliphatic carbocycles. The average molecular weight is 461 g/mol. The van der Waals surface area contributed by atoms with Crippen LogP contribution in [0.15, 0.2) is 30.3 Å². The lowest BCUT2D eigenvalue weighted by molar-refractivity contribution is 0.0203. The number of carboxylic acids is 1. The number of halogens is 1. The zero-order chi connectivity index (χ0) is 24.2. The molecule has 0 spiro atoms. The summed E-state index contributed by atoms with van der Waals surface area (Å²) in [6.45, 7) is 6.51. The lowest BCUT2D eigenvalue weighted by atomic mass is 9.93. The number of ether oxygens (including phenoxy) is 3. The zero-order valence-corrected chi connectivity index (χ0v) is 19.3. The highest BCUT2D eigenvalue weighted by Crippen LogP contribution is 2.30. The summed E-state index contributed by atoms with van der Waals surface area (Å²) < 4.78 is 30.7. The number of amides is 1. The van der Waals surface area contributed by atoms with Crippen LogP contribution in [0, 0.1) is 5.82 Å². The molecule has 1 N–H and O–H groups in total. The number of benzene rings is 1. The molecule has 9 heteroatoms. The Labute approximate surface area is 192 Å². The Hall–Kier alpha value is -3.36. The minimum atomic E-state index is -1.24. The van der Waals surface area contributed by atoms with Crippen LogP contribution in [0.4, 0.5) is 9.18 Å². The summed E-state index contributed by atoms with van der Waals surface area (Å²) in [4.78, 5) is 29.7. The molecule has 1 fully saturated rings. The molecular formula is C24H29FN2O6. The van der Waals surface area contributed by atoms with Gasteiger partial charge in [-0.05, 0) is 51.8 Å². The molecule has 2 aromatic rings. The van der Waals surface area contributed by atoms with Crippen molar-refractivity contribution >= 4 is 12.1 Å². The lowest BCUT2D eigenvalue weighted by Gasteiger charge is -2.33. The molecule has 0 saturated carbocycles. The van der Waals surface area contributed by atoms with Crippen molar-refractivity contribution in [3.8, 4) is 11.6 Å². The number of aromatic nitrogens is 1. The van der Waals surface area contributed by atoms with Crippen molar-refractivity contribution in [2.75, 3.05) is 20.2 Å². The van der Waals surface area contributed by atoms with E-state index >= 15 is 0 Å². The number of nitrogens with zero attached hydrogens (tertiary/aromatic N) is 2. The number of hydrogen-bond donors (Lipinski definition) is 1. The number of piperidine rings is 1. The van der Waals surface area contributed by atoms with Crippen LogP contribution in [0.1, 0.15) is 61.1 Å². The van der Waals surface area contributed by atoms with Crippen molar-refractivity contribution in [3.05, 3.63) is 53.0 Å². The number of pyridine rings is 1. The Morgan fingerprint density at radius 3 is 2.52 bits per heavy atom. The van der Waals surface area contributed by atoms with Crippen LogP contribution in [0.5, 0.6) is 11.6 Å². The van der Waals surface area contributed by atoms with Gasteiger partial charge in [0.2, 0.25) is 5.88 Å². The van der Waals surface area contributed by atoms with Crippen molar-refractivity contribution in [1.82, 2.24) is 9.88 Å². The van der Waals surface area contributed by atoms with E-state index < -0.39 is 17.4 Å². The van der Waals surface area contributed by atoms with Gasteiger partial charge >= 0.3 is 12.1 Å². The van der Waals surface area contributed by atoms with Gasteiger partial charge in [0.1, 0.15) is 23.8 Å². The van der Waals surface area contributed by atoms with E-state index in [0.717, 1.165) is 24.6 Å². The molecule has 2 heterocycles. The number of rotatable bonds is 6. The molecule has 8 nitrogen and oxygen atoms in total. The van der Waals surface area contributed by atoms with Gasteiger partial charge in [0.05, 0.1) is 18.2 Å². The molecular weight excluding hydrogens is 431 g/mol. The van der Waals surface area contributed by atoms with Gasteiger partial charge in [-0.1, -0.05) is 6.07 Å². The second-order valence-corrected chi connectivity index (χ2v) is 8.88. The Balaban J connectivity index is 1.63. The molecule has 178 valence electrons. The normalized spacial score (nSPS) is 14.6. The van der Waals surface area contributed by atoms with Crippen molar-refractivity contribution in [3.63, 3.8) is 0 Å². The third kappa shape index (κ3) is 6.34. The largest absolute Gasteiger partial charge is 0.496 e.